The molecule has 9 nitrogen and oxygen atoms in total. The summed E-state index contributed by atoms with van der Waals surface area (Å²) in [6, 6.07) is 0. The molecular weight excluding hydrogens is 737 g/mol. The first-order valence-corrected chi connectivity index (χ1v) is 23.9. The van der Waals surface area contributed by atoms with E-state index in [4.69, 9.17) is 13.8 Å². The molecule has 0 rings (SSSR count). The Hall–Kier alpha value is -2.55. The van der Waals surface area contributed by atoms with E-state index in [0.717, 1.165) is 96.3 Å². The molecule has 0 aliphatic heterocycles. The van der Waals surface area contributed by atoms with Crippen molar-refractivity contribution in [3.63, 3.8) is 0 Å². The maximum atomic E-state index is 12.1. The fourth-order valence-electron chi connectivity index (χ4n) is 5.69. The fourth-order valence-corrected chi connectivity index (χ4v) is 6.44. The van der Waals surface area contributed by atoms with E-state index < -0.39 is 26.5 Å². The number of hydrogen-bond acceptors (Lipinski definition) is 7. The zero-order valence-corrected chi connectivity index (χ0v) is 36.9. The lowest BCUT2D eigenvalue weighted by molar-refractivity contribution is -0.147. The summed E-state index contributed by atoms with van der Waals surface area (Å²) in [5.41, 5.74) is 0. The van der Waals surface area contributed by atoms with Crippen LogP contribution >= 0.6 is 7.82 Å². The SMILES string of the molecule is CCCCC/C=C\C/C=C\C/C=C\C/C=C\CCCCCCCC(=O)NCCOP(=O)(O)OCC(O)COC(=O)CCCCCCC/C=C\C/C=C\CCCCC. The van der Waals surface area contributed by atoms with Crippen molar-refractivity contribution in [2.45, 2.75) is 187 Å². The number of phosphoric acid groups is 1. The third kappa shape index (κ3) is 44.4. The zero-order valence-electron chi connectivity index (χ0n) is 36.0. The second kappa shape index (κ2) is 43.0. The second-order valence-electron chi connectivity index (χ2n) is 14.7. The molecule has 2 unspecified atom stereocenters. The first-order valence-electron chi connectivity index (χ1n) is 22.4. The van der Waals surface area contributed by atoms with Crippen LogP contribution in [0.3, 0.4) is 0 Å². The van der Waals surface area contributed by atoms with Crippen LogP contribution in [0.4, 0.5) is 0 Å². The maximum Gasteiger partial charge on any atom is 0.472 e. The van der Waals surface area contributed by atoms with Crippen LogP contribution in [0.15, 0.2) is 72.9 Å². The molecule has 0 aliphatic rings. The molecule has 3 N–H and O–H groups in total. The average molecular weight is 820 g/mol. The van der Waals surface area contributed by atoms with Gasteiger partial charge in [-0.3, -0.25) is 18.6 Å². The Labute approximate surface area is 348 Å². The lowest BCUT2D eigenvalue weighted by Gasteiger charge is -2.15. The summed E-state index contributed by atoms with van der Waals surface area (Å²) in [6.07, 6.45) is 52.5. The molecule has 57 heavy (non-hydrogen) atoms. The minimum absolute atomic E-state index is 0.0656. The van der Waals surface area contributed by atoms with Gasteiger partial charge < -0.3 is 20.1 Å². The van der Waals surface area contributed by atoms with Crippen LogP contribution in [-0.2, 0) is 27.9 Å². The minimum atomic E-state index is -4.43. The number of aliphatic hydroxyl groups is 1. The Morgan fingerprint density at radius 2 is 0.947 bits per heavy atom. The number of amides is 1. The van der Waals surface area contributed by atoms with Gasteiger partial charge in [0.05, 0.1) is 13.2 Å². The number of aliphatic hydroxyl groups excluding tert-OH is 1. The van der Waals surface area contributed by atoms with Crippen molar-refractivity contribution in [1.82, 2.24) is 5.32 Å². The summed E-state index contributed by atoms with van der Waals surface area (Å²) < 4.78 is 26.9. The third-order valence-corrected chi connectivity index (χ3v) is 10.1. The molecule has 0 bridgehead atoms. The van der Waals surface area contributed by atoms with Gasteiger partial charge in [0.25, 0.3) is 0 Å². The number of rotatable bonds is 41. The number of allylic oxidation sites excluding steroid dienone is 12. The van der Waals surface area contributed by atoms with Crippen LogP contribution in [0, 0.1) is 0 Å². The van der Waals surface area contributed by atoms with Crippen molar-refractivity contribution in [2.24, 2.45) is 0 Å². The monoisotopic (exact) mass is 820 g/mol. The summed E-state index contributed by atoms with van der Waals surface area (Å²) in [6.45, 7) is 3.45. The molecule has 0 fully saturated rings. The topological polar surface area (TPSA) is 131 Å². The van der Waals surface area contributed by atoms with Gasteiger partial charge in [-0.25, -0.2) is 4.57 Å². The molecule has 0 heterocycles. The molecule has 0 aliphatic carbocycles. The van der Waals surface area contributed by atoms with Crippen LogP contribution in [0.2, 0.25) is 0 Å². The number of hydrogen-bond donors (Lipinski definition) is 3. The Morgan fingerprint density at radius 1 is 0.544 bits per heavy atom. The first-order chi connectivity index (χ1) is 27.8. The number of phosphoric ester groups is 1. The van der Waals surface area contributed by atoms with Crippen LogP contribution in [0.25, 0.3) is 0 Å². The molecule has 0 spiro atoms. The van der Waals surface area contributed by atoms with Crippen molar-refractivity contribution in [2.75, 3.05) is 26.4 Å². The highest BCUT2D eigenvalue weighted by atomic mass is 31.2. The molecule has 0 radical (unpaired) electrons. The van der Waals surface area contributed by atoms with E-state index in [1.54, 1.807) is 0 Å². The van der Waals surface area contributed by atoms with Crippen molar-refractivity contribution >= 4 is 19.7 Å². The second-order valence-corrected chi connectivity index (χ2v) is 16.1. The largest absolute Gasteiger partial charge is 0.472 e. The van der Waals surface area contributed by atoms with Crippen LogP contribution < -0.4 is 5.32 Å². The maximum absolute atomic E-state index is 12.1. The van der Waals surface area contributed by atoms with E-state index in [9.17, 15) is 24.2 Å². The van der Waals surface area contributed by atoms with E-state index in [2.05, 4.69) is 92.1 Å². The van der Waals surface area contributed by atoms with Gasteiger partial charge in [0.2, 0.25) is 5.91 Å². The van der Waals surface area contributed by atoms with E-state index in [0.29, 0.717) is 12.8 Å². The Balaban J connectivity index is 3.67. The number of esters is 1. The minimum Gasteiger partial charge on any atom is -0.463 e. The molecule has 1 amide bonds. The Bertz CT molecular complexity index is 1160. The normalized spacial score (nSPS) is 14.0. The summed E-state index contributed by atoms with van der Waals surface area (Å²) in [5.74, 6) is -0.553. The summed E-state index contributed by atoms with van der Waals surface area (Å²) in [4.78, 5) is 33.9. The van der Waals surface area contributed by atoms with Gasteiger partial charge >= 0.3 is 13.8 Å². The van der Waals surface area contributed by atoms with E-state index >= 15 is 0 Å². The van der Waals surface area contributed by atoms with E-state index in [1.165, 1.54) is 51.4 Å². The predicted molar refractivity (Wildman–Crippen MR) is 238 cm³/mol. The molecule has 0 aromatic rings. The highest BCUT2D eigenvalue weighted by Gasteiger charge is 2.23. The smallest absolute Gasteiger partial charge is 0.463 e. The molecular formula is C47H82NO8P. The number of nitrogens with one attached hydrogen (secondary N) is 1. The summed E-state index contributed by atoms with van der Waals surface area (Å²) >= 11 is 0. The lowest BCUT2D eigenvalue weighted by atomic mass is 10.1. The van der Waals surface area contributed by atoms with Crippen LogP contribution in [-0.4, -0.2) is 54.3 Å². The third-order valence-electron chi connectivity index (χ3n) is 9.11. The average Bonchev–Trinajstić information content (AvgIpc) is 3.20. The van der Waals surface area contributed by atoms with Crippen molar-refractivity contribution < 1.29 is 37.9 Å². The fraction of sp³-hybridized carbons (Fsp3) is 0.702. The van der Waals surface area contributed by atoms with Crippen molar-refractivity contribution in [1.29, 1.82) is 0 Å². The van der Waals surface area contributed by atoms with Gasteiger partial charge in [-0.15, -0.1) is 0 Å². The highest BCUT2D eigenvalue weighted by Crippen LogP contribution is 2.42. The van der Waals surface area contributed by atoms with Gasteiger partial charge in [0.15, 0.2) is 0 Å². The lowest BCUT2D eigenvalue weighted by Crippen LogP contribution is -2.27. The number of unbranched alkanes of at least 4 members (excludes halogenated alkanes) is 16. The molecule has 0 aromatic carbocycles. The zero-order chi connectivity index (χ0) is 41.8. The van der Waals surface area contributed by atoms with Crippen LogP contribution in [0.5, 0.6) is 0 Å². The van der Waals surface area contributed by atoms with Gasteiger partial charge in [0, 0.05) is 19.4 Å². The van der Waals surface area contributed by atoms with E-state index in [-0.39, 0.29) is 32.1 Å². The number of carbonyl (C=O) groups excluding carboxylic acids is 2. The molecule has 328 valence electrons. The number of ether oxygens (including phenoxy) is 1. The van der Waals surface area contributed by atoms with Crippen molar-refractivity contribution in [3.05, 3.63) is 72.9 Å². The Morgan fingerprint density at radius 3 is 1.42 bits per heavy atom. The predicted octanol–water partition coefficient (Wildman–Crippen LogP) is 12.7. The molecule has 10 heteroatoms. The molecule has 0 saturated heterocycles. The van der Waals surface area contributed by atoms with Gasteiger partial charge in [-0.05, 0) is 89.9 Å². The highest BCUT2D eigenvalue weighted by molar-refractivity contribution is 7.47. The molecule has 0 saturated carbocycles. The van der Waals surface area contributed by atoms with Gasteiger partial charge in [-0.1, -0.05) is 151 Å². The Kier molecular flexibility index (Phi) is 41.1. The molecule has 2 atom stereocenters. The quantitative estimate of drug-likeness (QED) is 0.0240. The van der Waals surface area contributed by atoms with Gasteiger partial charge in [-0.2, -0.15) is 0 Å². The van der Waals surface area contributed by atoms with Crippen LogP contribution in [0.1, 0.15) is 181 Å². The van der Waals surface area contributed by atoms with Crippen molar-refractivity contribution in [3.8, 4) is 0 Å². The standard InChI is InChI=1S/C47H82NO8P/c1-3-5-7-9-11-13-15-17-19-20-21-22-23-24-26-27-29-31-33-35-37-39-46(50)48-41-42-55-57(52,53)56-44-45(49)43-54-47(51)40-38-36-34-32-30-28-25-18-16-14-12-10-8-6-4-2/h11-14,17-19,21-22,24-26,45,49H,3-10,15-16,20,23,27-44H2,1-2H3,(H,48,50)(H,52,53)/b13-11-,14-12-,19-17-,22-21-,25-18-,26-24-. The van der Waals surface area contributed by atoms with E-state index in [1.807, 2.05) is 0 Å². The number of carbonyl (C=O) groups is 2. The molecule has 0 aromatic heterocycles. The summed E-state index contributed by atoms with van der Waals surface area (Å²) in [5, 5.41) is 12.7. The summed E-state index contributed by atoms with van der Waals surface area (Å²) in [7, 11) is -4.43. The first kappa shape index (κ1) is 54.5. The van der Waals surface area contributed by atoms with Gasteiger partial charge in [0.1, 0.15) is 12.7 Å².